The number of nitriles is 1. The maximum Gasteiger partial charge on any atom is 0.246 e. The lowest BCUT2D eigenvalue weighted by atomic mass is 10.0. The summed E-state index contributed by atoms with van der Waals surface area (Å²) in [7, 11) is 1.53. The van der Waals surface area contributed by atoms with Gasteiger partial charge in [-0.15, -0.1) is 0 Å². The average Bonchev–Trinajstić information content (AvgIpc) is 2.51. The van der Waals surface area contributed by atoms with Crippen LogP contribution in [-0.4, -0.2) is 44.8 Å². The van der Waals surface area contributed by atoms with Gasteiger partial charge in [0.1, 0.15) is 12.6 Å². The molecule has 22 heavy (non-hydrogen) atoms. The summed E-state index contributed by atoms with van der Waals surface area (Å²) in [4.78, 5) is 23.2. The number of carbonyl (C=O) groups is 2. The van der Waals surface area contributed by atoms with E-state index in [-0.39, 0.29) is 19.6 Å². The predicted octanol–water partition coefficient (Wildman–Crippen LogP) is -0.266. The smallest absolute Gasteiger partial charge is 0.246 e. The second-order valence-electron chi connectivity index (χ2n) is 4.54. The van der Waals surface area contributed by atoms with Gasteiger partial charge in [-0.2, -0.15) is 5.26 Å². The zero-order valence-corrected chi connectivity index (χ0v) is 12.4. The number of nitrogens with two attached hydrogens (primary N) is 1. The maximum absolute atomic E-state index is 11.7. The van der Waals surface area contributed by atoms with Crippen molar-refractivity contribution in [1.29, 1.82) is 5.26 Å². The van der Waals surface area contributed by atoms with E-state index in [9.17, 15) is 9.59 Å². The van der Waals surface area contributed by atoms with Crippen molar-refractivity contribution < 1.29 is 19.1 Å². The number of hydrogen-bond acceptors (Lipinski definition) is 5. The van der Waals surface area contributed by atoms with E-state index in [1.807, 2.05) is 6.07 Å². The second kappa shape index (κ2) is 9.50. The third-order valence-electron chi connectivity index (χ3n) is 2.91. The van der Waals surface area contributed by atoms with Crippen LogP contribution in [0.2, 0.25) is 0 Å². The summed E-state index contributed by atoms with van der Waals surface area (Å²) in [5, 5.41) is 11.5. The highest BCUT2D eigenvalue weighted by Crippen LogP contribution is 2.10. The fourth-order valence-electron chi connectivity index (χ4n) is 1.79. The summed E-state index contributed by atoms with van der Waals surface area (Å²) >= 11 is 0. The maximum atomic E-state index is 11.7. The summed E-state index contributed by atoms with van der Waals surface area (Å²) in [6.45, 7) is 0.470. The van der Waals surface area contributed by atoms with Crippen LogP contribution in [0.1, 0.15) is 11.1 Å². The lowest BCUT2D eigenvalue weighted by Crippen LogP contribution is -2.47. The molecule has 0 spiro atoms. The van der Waals surface area contributed by atoms with Gasteiger partial charge in [-0.1, -0.05) is 18.2 Å². The molecule has 1 aromatic carbocycles. The zero-order chi connectivity index (χ0) is 16.4. The summed E-state index contributed by atoms with van der Waals surface area (Å²) in [6.07, 6.45) is 0.156. The monoisotopic (exact) mass is 305 g/mol. The molecule has 0 fully saturated rings. The standard InChI is InChI=1S/C15H19N3O4/c1-21-6-7-22-10-14(19)18-13(15(17)20)8-11-4-2-3-5-12(11)9-16/h2-5,13H,6-8,10H2,1H3,(H2,17,20)(H,18,19)/t13-/m1/s1. The minimum atomic E-state index is -0.895. The minimum absolute atomic E-state index is 0.156. The Labute approximate surface area is 129 Å². The van der Waals surface area contributed by atoms with Crippen LogP contribution in [0.3, 0.4) is 0 Å². The quantitative estimate of drug-likeness (QED) is 0.610. The van der Waals surface area contributed by atoms with Gasteiger partial charge >= 0.3 is 0 Å². The van der Waals surface area contributed by atoms with Crippen LogP contribution < -0.4 is 11.1 Å². The Bertz CT molecular complexity index is 554. The van der Waals surface area contributed by atoms with E-state index < -0.39 is 17.9 Å². The number of methoxy groups -OCH3 is 1. The van der Waals surface area contributed by atoms with Gasteiger partial charge in [0.25, 0.3) is 0 Å². The number of rotatable bonds is 9. The van der Waals surface area contributed by atoms with Crippen molar-refractivity contribution in [3.05, 3.63) is 35.4 Å². The number of primary amides is 1. The van der Waals surface area contributed by atoms with Gasteiger partial charge in [0.05, 0.1) is 24.8 Å². The van der Waals surface area contributed by atoms with Crippen LogP contribution in [0.15, 0.2) is 24.3 Å². The normalized spacial score (nSPS) is 11.5. The van der Waals surface area contributed by atoms with Crippen molar-refractivity contribution in [2.45, 2.75) is 12.5 Å². The number of carbonyl (C=O) groups excluding carboxylic acids is 2. The van der Waals surface area contributed by atoms with Gasteiger partial charge < -0.3 is 20.5 Å². The van der Waals surface area contributed by atoms with Gasteiger partial charge in [0, 0.05) is 13.5 Å². The Morgan fingerprint density at radius 1 is 1.36 bits per heavy atom. The number of benzene rings is 1. The van der Waals surface area contributed by atoms with Gasteiger partial charge in [-0.25, -0.2) is 0 Å². The number of nitrogens with zero attached hydrogens (tertiary/aromatic N) is 1. The second-order valence-corrected chi connectivity index (χ2v) is 4.54. The van der Waals surface area contributed by atoms with Gasteiger partial charge in [-0.05, 0) is 11.6 Å². The first kappa shape index (κ1) is 17.6. The molecule has 0 aromatic heterocycles. The third kappa shape index (κ3) is 5.91. The van der Waals surface area contributed by atoms with E-state index in [1.165, 1.54) is 7.11 Å². The molecular weight excluding hydrogens is 286 g/mol. The van der Waals surface area contributed by atoms with Crippen molar-refractivity contribution in [3.63, 3.8) is 0 Å². The molecule has 1 atom stereocenters. The van der Waals surface area contributed by atoms with Crippen LogP contribution in [0.5, 0.6) is 0 Å². The Morgan fingerprint density at radius 2 is 2.09 bits per heavy atom. The van der Waals surface area contributed by atoms with E-state index in [1.54, 1.807) is 24.3 Å². The van der Waals surface area contributed by atoms with Crippen molar-refractivity contribution in [3.8, 4) is 6.07 Å². The third-order valence-corrected chi connectivity index (χ3v) is 2.91. The highest BCUT2D eigenvalue weighted by atomic mass is 16.5. The van der Waals surface area contributed by atoms with E-state index in [2.05, 4.69) is 5.32 Å². The number of ether oxygens (including phenoxy) is 2. The van der Waals surface area contributed by atoms with Crippen molar-refractivity contribution in [2.24, 2.45) is 5.73 Å². The molecule has 0 saturated carbocycles. The molecule has 3 N–H and O–H groups in total. The zero-order valence-electron chi connectivity index (χ0n) is 12.4. The SMILES string of the molecule is COCCOCC(=O)N[C@H](Cc1ccccc1C#N)C(N)=O. The molecule has 0 bridgehead atoms. The van der Waals surface area contributed by atoms with E-state index >= 15 is 0 Å². The lowest BCUT2D eigenvalue weighted by Gasteiger charge is -2.16. The molecule has 7 nitrogen and oxygen atoms in total. The summed E-state index contributed by atoms with van der Waals surface area (Å²) in [5.74, 6) is -1.12. The fourth-order valence-corrected chi connectivity index (χ4v) is 1.79. The summed E-state index contributed by atoms with van der Waals surface area (Å²) in [6, 6.07) is 7.98. The molecule has 0 saturated heterocycles. The molecule has 7 heteroatoms. The van der Waals surface area contributed by atoms with Crippen molar-refractivity contribution in [2.75, 3.05) is 26.9 Å². The van der Waals surface area contributed by atoms with Crippen LogP contribution in [-0.2, 0) is 25.5 Å². The Hall–Kier alpha value is -2.43. The fraction of sp³-hybridized carbons (Fsp3) is 0.400. The molecule has 1 rings (SSSR count). The van der Waals surface area contributed by atoms with Crippen LogP contribution >= 0.6 is 0 Å². The Balaban J connectivity index is 2.61. The molecule has 1 aromatic rings. The number of amides is 2. The van der Waals surface area contributed by atoms with E-state index in [0.29, 0.717) is 17.7 Å². The summed E-state index contributed by atoms with van der Waals surface area (Å²) < 4.78 is 9.86. The topological polar surface area (TPSA) is 114 Å². The van der Waals surface area contributed by atoms with Gasteiger partial charge in [0.15, 0.2) is 0 Å². The predicted molar refractivity (Wildman–Crippen MR) is 78.7 cm³/mol. The number of hydrogen-bond donors (Lipinski definition) is 2. The molecule has 0 aliphatic carbocycles. The van der Waals surface area contributed by atoms with Gasteiger partial charge in [-0.3, -0.25) is 9.59 Å². The van der Waals surface area contributed by atoms with Gasteiger partial charge in [0.2, 0.25) is 11.8 Å². The Morgan fingerprint density at radius 3 is 2.73 bits per heavy atom. The molecule has 118 valence electrons. The lowest BCUT2D eigenvalue weighted by molar-refractivity contribution is -0.130. The van der Waals surface area contributed by atoms with E-state index in [0.717, 1.165) is 0 Å². The minimum Gasteiger partial charge on any atom is -0.382 e. The molecule has 0 aliphatic rings. The Kier molecular flexibility index (Phi) is 7.61. The largest absolute Gasteiger partial charge is 0.382 e. The molecule has 0 radical (unpaired) electrons. The highest BCUT2D eigenvalue weighted by molar-refractivity contribution is 5.87. The van der Waals surface area contributed by atoms with Crippen LogP contribution in [0.4, 0.5) is 0 Å². The molecule has 0 unspecified atom stereocenters. The highest BCUT2D eigenvalue weighted by Gasteiger charge is 2.19. The van der Waals surface area contributed by atoms with Crippen LogP contribution in [0, 0.1) is 11.3 Å². The van der Waals surface area contributed by atoms with Crippen molar-refractivity contribution >= 4 is 11.8 Å². The van der Waals surface area contributed by atoms with Crippen molar-refractivity contribution in [1.82, 2.24) is 5.32 Å². The van der Waals surface area contributed by atoms with E-state index in [4.69, 9.17) is 20.5 Å². The van der Waals surface area contributed by atoms with Crippen LogP contribution in [0.25, 0.3) is 0 Å². The molecular formula is C15H19N3O4. The molecule has 0 heterocycles. The first-order valence-electron chi connectivity index (χ1n) is 6.71. The average molecular weight is 305 g/mol. The first-order chi connectivity index (χ1) is 10.6. The molecule has 2 amide bonds. The summed E-state index contributed by atoms with van der Waals surface area (Å²) in [5.41, 5.74) is 6.39. The molecule has 0 aliphatic heterocycles. The first-order valence-corrected chi connectivity index (χ1v) is 6.71. The number of nitrogens with one attached hydrogen (secondary N) is 1.